The van der Waals surface area contributed by atoms with Gasteiger partial charge >= 0.3 is 5.97 Å². The number of rotatable bonds is 3. The lowest BCUT2D eigenvalue weighted by Crippen LogP contribution is -2.11. The summed E-state index contributed by atoms with van der Waals surface area (Å²) in [6.45, 7) is 1.19. The van der Waals surface area contributed by atoms with Gasteiger partial charge in [-0.1, -0.05) is 0 Å². The lowest BCUT2D eigenvalue weighted by atomic mass is 10.1. The molecule has 0 saturated heterocycles. The Morgan fingerprint density at radius 1 is 1.12 bits per heavy atom. The number of carbonyl (C=O) groups is 2. The molecule has 0 aliphatic carbocycles. The zero-order valence-corrected chi connectivity index (χ0v) is 10.2. The first-order valence-electron chi connectivity index (χ1n) is 4.85. The number of hydrogen-bond acceptors (Lipinski definition) is 5. The Morgan fingerprint density at radius 2 is 1.53 bits per heavy atom. The van der Waals surface area contributed by atoms with Crippen molar-refractivity contribution < 1.29 is 14.3 Å². The monoisotopic (exact) mass is 258 g/mol. The normalized spacial score (nSPS) is 8.94. The van der Waals surface area contributed by atoms with Crippen molar-refractivity contribution in [2.75, 3.05) is 20.2 Å². The van der Waals surface area contributed by atoms with Crippen LogP contribution in [0.15, 0.2) is 24.3 Å². The fourth-order valence-corrected chi connectivity index (χ4v) is 0.981. The average molecular weight is 259 g/mol. The molecule has 0 fully saturated rings. The highest BCUT2D eigenvalue weighted by atomic mass is 35.5. The van der Waals surface area contributed by atoms with Gasteiger partial charge in [0, 0.05) is 18.7 Å². The second-order valence-corrected chi connectivity index (χ2v) is 3.26. The predicted molar refractivity (Wildman–Crippen MR) is 66.1 cm³/mol. The fraction of sp³-hybridized carbons (Fsp3) is 0.273. The molecule has 4 N–H and O–H groups in total. The number of hydrogen-bond donors (Lipinski definition) is 2. The maximum atomic E-state index is 11.0. The van der Waals surface area contributed by atoms with Crippen molar-refractivity contribution in [2.45, 2.75) is 0 Å². The Hall–Kier alpha value is -1.43. The van der Waals surface area contributed by atoms with E-state index in [-0.39, 0.29) is 0 Å². The number of nitrogens with two attached hydrogens (primary N) is 2. The van der Waals surface area contributed by atoms with Crippen LogP contribution in [-0.4, -0.2) is 31.4 Å². The minimum absolute atomic E-state index is 0.356. The molecule has 0 heterocycles. The summed E-state index contributed by atoms with van der Waals surface area (Å²) in [5.41, 5.74) is 10.6. The average Bonchev–Trinajstić information content (AvgIpc) is 2.38. The van der Waals surface area contributed by atoms with Crippen molar-refractivity contribution in [2.24, 2.45) is 11.5 Å². The molecule has 0 spiro atoms. The summed E-state index contributed by atoms with van der Waals surface area (Å²) in [5, 5.41) is -0.545. The summed E-state index contributed by atoms with van der Waals surface area (Å²) in [7, 11) is 1.29. The summed E-state index contributed by atoms with van der Waals surface area (Å²) >= 11 is 5.21. The first-order chi connectivity index (χ1) is 8.06. The van der Waals surface area contributed by atoms with Crippen molar-refractivity contribution in [1.82, 2.24) is 0 Å². The summed E-state index contributed by atoms with van der Waals surface area (Å²) in [6, 6.07) is 5.92. The molecule has 0 unspecified atom stereocenters. The molecule has 0 aliphatic heterocycles. The highest BCUT2D eigenvalue weighted by Crippen LogP contribution is 2.07. The maximum Gasteiger partial charge on any atom is 0.337 e. The topological polar surface area (TPSA) is 95.4 Å². The van der Waals surface area contributed by atoms with Crippen molar-refractivity contribution in [3.63, 3.8) is 0 Å². The first kappa shape index (κ1) is 15.6. The van der Waals surface area contributed by atoms with E-state index in [0.717, 1.165) is 0 Å². The van der Waals surface area contributed by atoms with E-state index in [1.54, 1.807) is 0 Å². The van der Waals surface area contributed by atoms with Crippen LogP contribution in [0.5, 0.6) is 0 Å². The Labute approximate surface area is 105 Å². The zero-order valence-electron chi connectivity index (χ0n) is 9.48. The highest BCUT2D eigenvalue weighted by Gasteiger charge is 2.06. The standard InChI is InChI=1S/C9H7ClO3.C2H8N2/c1-13-9(12)7-4-2-6(3-5-7)8(10)11;3-1-2-4/h2-5H,1H3;1-4H2. The predicted octanol–water partition coefficient (Wildman–Crippen LogP) is 0.756. The molecule has 0 radical (unpaired) electrons. The lowest BCUT2D eigenvalue weighted by molar-refractivity contribution is 0.0600. The molecule has 0 aliphatic rings. The summed E-state index contributed by atoms with van der Waals surface area (Å²) < 4.78 is 4.48. The lowest BCUT2D eigenvalue weighted by Gasteiger charge is -1.98. The molecule has 5 nitrogen and oxygen atoms in total. The number of methoxy groups -OCH3 is 1. The van der Waals surface area contributed by atoms with Crippen molar-refractivity contribution in [3.05, 3.63) is 35.4 Å². The van der Waals surface area contributed by atoms with Gasteiger partial charge in [0.25, 0.3) is 5.24 Å². The second-order valence-electron chi connectivity index (χ2n) is 2.92. The third kappa shape index (κ3) is 6.01. The fourth-order valence-electron chi connectivity index (χ4n) is 0.855. The third-order valence-corrected chi connectivity index (χ3v) is 1.92. The SMILES string of the molecule is COC(=O)c1ccc(C(=O)Cl)cc1.NCCN. The quantitative estimate of drug-likeness (QED) is 0.616. The van der Waals surface area contributed by atoms with Crippen LogP contribution in [0.25, 0.3) is 0 Å². The van der Waals surface area contributed by atoms with E-state index in [2.05, 4.69) is 4.74 Å². The Kier molecular flexibility index (Phi) is 7.96. The molecular formula is C11H15ClN2O3. The van der Waals surface area contributed by atoms with Crippen LogP contribution in [-0.2, 0) is 4.74 Å². The van der Waals surface area contributed by atoms with Gasteiger partial charge in [-0.05, 0) is 35.9 Å². The van der Waals surface area contributed by atoms with Crippen molar-refractivity contribution >= 4 is 22.8 Å². The molecule has 17 heavy (non-hydrogen) atoms. The van der Waals surface area contributed by atoms with Gasteiger partial charge in [0.15, 0.2) is 0 Å². The molecule has 1 rings (SSSR count). The molecular weight excluding hydrogens is 244 g/mol. The number of benzene rings is 1. The minimum atomic E-state index is -0.545. The Bertz CT molecular complexity index is 363. The molecule has 0 saturated carbocycles. The van der Waals surface area contributed by atoms with Crippen LogP contribution in [0.4, 0.5) is 0 Å². The van der Waals surface area contributed by atoms with Gasteiger partial charge < -0.3 is 16.2 Å². The van der Waals surface area contributed by atoms with E-state index >= 15 is 0 Å². The van der Waals surface area contributed by atoms with Gasteiger partial charge in [-0.15, -0.1) is 0 Å². The van der Waals surface area contributed by atoms with Gasteiger partial charge in [-0.25, -0.2) is 4.79 Å². The van der Waals surface area contributed by atoms with Gasteiger partial charge in [0.1, 0.15) is 0 Å². The van der Waals surface area contributed by atoms with Gasteiger partial charge in [-0.2, -0.15) is 0 Å². The highest BCUT2D eigenvalue weighted by molar-refractivity contribution is 6.67. The summed E-state index contributed by atoms with van der Waals surface area (Å²) in [6.07, 6.45) is 0. The molecule has 0 amide bonds. The number of halogens is 1. The van der Waals surface area contributed by atoms with Gasteiger partial charge in [-0.3, -0.25) is 4.79 Å². The third-order valence-electron chi connectivity index (χ3n) is 1.70. The maximum absolute atomic E-state index is 11.0. The second kappa shape index (κ2) is 8.69. The van der Waals surface area contributed by atoms with Crippen LogP contribution in [0.1, 0.15) is 20.7 Å². The Balaban J connectivity index is 0.000000557. The first-order valence-corrected chi connectivity index (χ1v) is 5.23. The largest absolute Gasteiger partial charge is 0.465 e. The zero-order chi connectivity index (χ0) is 13.3. The van der Waals surface area contributed by atoms with E-state index in [9.17, 15) is 9.59 Å². The molecule has 6 heteroatoms. The summed E-state index contributed by atoms with van der Waals surface area (Å²) in [4.78, 5) is 21.6. The molecule has 0 atom stereocenters. The molecule has 94 valence electrons. The molecule has 1 aromatic rings. The molecule has 0 bridgehead atoms. The number of carbonyl (C=O) groups excluding carboxylic acids is 2. The van der Waals surface area contributed by atoms with E-state index in [1.807, 2.05) is 0 Å². The van der Waals surface area contributed by atoms with Crippen LogP contribution in [0.2, 0.25) is 0 Å². The summed E-state index contributed by atoms with van der Waals surface area (Å²) in [5.74, 6) is -0.437. The van der Waals surface area contributed by atoms with Gasteiger partial charge in [0.2, 0.25) is 0 Å². The number of esters is 1. The van der Waals surface area contributed by atoms with E-state index in [1.165, 1.54) is 31.4 Å². The minimum Gasteiger partial charge on any atom is -0.465 e. The van der Waals surface area contributed by atoms with Crippen LogP contribution >= 0.6 is 11.6 Å². The van der Waals surface area contributed by atoms with Crippen LogP contribution in [0.3, 0.4) is 0 Å². The van der Waals surface area contributed by atoms with E-state index in [0.29, 0.717) is 24.2 Å². The Morgan fingerprint density at radius 3 is 1.82 bits per heavy atom. The smallest absolute Gasteiger partial charge is 0.337 e. The molecule has 0 aromatic heterocycles. The number of ether oxygens (including phenoxy) is 1. The van der Waals surface area contributed by atoms with Crippen LogP contribution in [0, 0.1) is 0 Å². The van der Waals surface area contributed by atoms with Gasteiger partial charge in [0.05, 0.1) is 12.7 Å². The van der Waals surface area contributed by atoms with E-state index in [4.69, 9.17) is 23.1 Å². The van der Waals surface area contributed by atoms with E-state index < -0.39 is 11.2 Å². The van der Waals surface area contributed by atoms with Crippen LogP contribution < -0.4 is 11.5 Å². The molecule has 1 aromatic carbocycles. The van der Waals surface area contributed by atoms with Crippen molar-refractivity contribution in [1.29, 1.82) is 0 Å². The van der Waals surface area contributed by atoms with Crippen molar-refractivity contribution in [3.8, 4) is 0 Å².